The first kappa shape index (κ1) is 58.9. The van der Waals surface area contributed by atoms with Crippen molar-refractivity contribution in [2.75, 3.05) is 26.4 Å². The standard InChI is InChI=1S/C53H100O8/c1-9-13-17-21-25-29-33-37-45(5)49(54)58-41-53(42-59-50(55)46(6)38-34-30-26-22-18-14-10-2,43-60-51(56)47(7)39-35-31-27-23-19-15-11-3)44-61-52(57)48(8)40-36-32-28-24-20-16-12-4/h45-48H,9-44H2,1-8H3. The van der Waals surface area contributed by atoms with E-state index in [0.717, 1.165) is 77.0 Å². The molecule has 360 valence electrons. The predicted octanol–water partition coefficient (Wildman–Crippen LogP) is 15.3. The number of hydrogen-bond acceptors (Lipinski definition) is 8. The molecule has 0 aliphatic heterocycles. The first-order valence-corrected chi connectivity index (χ1v) is 26.1. The number of ether oxygens (including phenoxy) is 4. The first-order valence-electron chi connectivity index (χ1n) is 26.1. The van der Waals surface area contributed by atoms with E-state index in [2.05, 4.69) is 27.7 Å². The molecule has 0 fully saturated rings. The van der Waals surface area contributed by atoms with Crippen LogP contribution in [0, 0.1) is 29.1 Å². The predicted molar refractivity (Wildman–Crippen MR) is 253 cm³/mol. The minimum absolute atomic E-state index is 0.189. The normalized spacial score (nSPS) is 14.4. The maximum Gasteiger partial charge on any atom is 0.308 e. The molecule has 0 aromatic rings. The van der Waals surface area contributed by atoms with Gasteiger partial charge in [-0.3, -0.25) is 19.2 Å². The summed E-state index contributed by atoms with van der Waals surface area (Å²) >= 11 is 0. The van der Waals surface area contributed by atoms with Crippen LogP contribution in [0.5, 0.6) is 0 Å². The summed E-state index contributed by atoms with van der Waals surface area (Å²) < 4.78 is 24.0. The number of carbonyl (C=O) groups excluding carboxylic acids is 4. The zero-order valence-corrected chi connectivity index (χ0v) is 41.5. The molecule has 4 unspecified atom stereocenters. The average molecular weight is 865 g/mol. The maximum atomic E-state index is 13.5. The van der Waals surface area contributed by atoms with Crippen molar-refractivity contribution in [3.63, 3.8) is 0 Å². The lowest BCUT2D eigenvalue weighted by atomic mass is 9.91. The smallest absolute Gasteiger partial charge is 0.308 e. The van der Waals surface area contributed by atoms with Gasteiger partial charge in [0.25, 0.3) is 0 Å². The van der Waals surface area contributed by atoms with E-state index in [1.54, 1.807) is 0 Å². The van der Waals surface area contributed by atoms with Crippen molar-refractivity contribution >= 4 is 23.9 Å². The van der Waals surface area contributed by atoms with Crippen LogP contribution < -0.4 is 0 Å². The van der Waals surface area contributed by atoms with Gasteiger partial charge in [-0.2, -0.15) is 0 Å². The van der Waals surface area contributed by atoms with Crippen LogP contribution in [0.2, 0.25) is 0 Å². The largest absolute Gasteiger partial charge is 0.464 e. The van der Waals surface area contributed by atoms with E-state index in [4.69, 9.17) is 18.9 Å². The van der Waals surface area contributed by atoms with E-state index in [9.17, 15) is 19.2 Å². The topological polar surface area (TPSA) is 105 Å². The number of hydrogen-bond donors (Lipinski definition) is 0. The molecule has 0 radical (unpaired) electrons. The van der Waals surface area contributed by atoms with E-state index in [0.29, 0.717) is 0 Å². The molecular weight excluding hydrogens is 765 g/mol. The number of rotatable bonds is 44. The summed E-state index contributed by atoms with van der Waals surface area (Å²) in [6.07, 6.45) is 35.5. The van der Waals surface area contributed by atoms with Crippen molar-refractivity contribution in [3.05, 3.63) is 0 Å². The van der Waals surface area contributed by atoms with Crippen LogP contribution in [-0.2, 0) is 38.1 Å². The highest BCUT2D eigenvalue weighted by Crippen LogP contribution is 2.26. The van der Waals surface area contributed by atoms with Crippen LogP contribution in [0.25, 0.3) is 0 Å². The minimum atomic E-state index is -1.24. The molecule has 0 amide bonds. The van der Waals surface area contributed by atoms with Crippen molar-refractivity contribution in [1.82, 2.24) is 0 Å². The molecule has 8 heteroatoms. The molecule has 0 heterocycles. The summed E-state index contributed by atoms with van der Waals surface area (Å²) in [4.78, 5) is 53.9. The molecule has 0 aromatic heterocycles. The molecule has 0 rings (SSSR count). The van der Waals surface area contributed by atoms with E-state index in [-0.39, 0.29) is 74.0 Å². The van der Waals surface area contributed by atoms with Crippen LogP contribution >= 0.6 is 0 Å². The third-order valence-corrected chi connectivity index (χ3v) is 12.7. The Morgan fingerprint density at radius 1 is 0.295 bits per heavy atom. The SMILES string of the molecule is CCCCCCCCCC(C)C(=O)OCC(COC(=O)C(C)CCCCCCCCC)(COC(=O)C(C)CCCCCCCCC)COC(=O)C(C)CCCCCCCCC. The highest BCUT2D eigenvalue weighted by atomic mass is 16.6. The van der Waals surface area contributed by atoms with Gasteiger partial charge in [-0.15, -0.1) is 0 Å². The summed E-state index contributed by atoms with van der Waals surface area (Å²) in [7, 11) is 0. The van der Waals surface area contributed by atoms with Gasteiger partial charge in [0.05, 0.1) is 23.7 Å². The Bertz CT molecular complexity index is 893. The van der Waals surface area contributed by atoms with Crippen LogP contribution in [-0.4, -0.2) is 50.3 Å². The van der Waals surface area contributed by atoms with Gasteiger partial charge in [0, 0.05) is 0 Å². The fourth-order valence-electron chi connectivity index (χ4n) is 7.82. The van der Waals surface area contributed by atoms with Crippen LogP contribution in [0.4, 0.5) is 0 Å². The number of carbonyl (C=O) groups is 4. The maximum absolute atomic E-state index is 13.5. The lowest BCUT2D eigenvalue weighted by Crippen LogP contribution is -2.45. The zero-order valence-electron chi connectivity index (χ0n) is 41.5. The summed E-state index contributed by atoms with van der Waals surface area (Å²) in [6.45, 7) is 15.7. The van der Waals surface area contributed by atoms with E-state index in [1.165, 1.54) is 128 Å². The molecule has 0 aliphatic rings. The van der Waals surface area contributed by atoms with Gasteiger partial charge in [-0.05, 0) is 25.7 Å². The Balaban J connectivity index is 5.94. The summed E-state index contributed by atoms with van der Waals surface area (Å²) in [6, 6.07) is 0. The van der Waals surface area contributed by atoms with Crippen molar-refractivity contribution in [3.8, 4) is 0 Å². The molecule has 0 N–H and O–H groups in total. The lowest BCUT2D eigenvalue weighted by molar-refractivity contribution is -0.175. The second-order valence-electron chi connectivity index (χ2n) is 19.2. The number of unbranched alkanes of at least 4 members (excludes halogenated alkanes) is 24. The zero-order chi connectivity index (χ0) is 45.4. The quantitative estimate of drug-likeness (QED) is 0.0339. The van der Waals surface area contributed by atoms with Crippen molar-refractivity contribution in [2.24, 2.45) is 29.1 Å². The first-order chi connectivity index (χ1) is 29.5. The molecule has 0 spiro atoms. The fraction of sp³-hybridized carbons (Fsp3) is 0.925. The summed E-state index contributed by atoms with van der Waals surface area (Å²) in [5.74, 6) is -2.62. The molecule has 0 saturated heterocycles. The molecule has 0 bridgehead atoms. The van der Waals surface area contributed by atoms with Gasteiger partial charge in [-0.1, -0.05) is 235 Å². The van der Waals surface area contributed by atoms with Crippen LogP contribution in [0.1, 0.15) is 261 Å². The van der Waals surface area contributed by atoms with Gasteiger partial charge in [0.15, 0.2) is 0 Å². The Morgan fingerprint density at radius 2 is 0.459 bits per heavy atom. The van der Waals surface area contributed by atoms with Gasteiger partial charge in [0.1, 0.15) is 31.8 Å². The van der Waals surface area contributed by atoms with Gasteiger partial charge in [-0.25, -0.2) is 0 Å². The van der Waals surface area contributed by atoms with E-state index in [1.807, 2.05) is 27.7 Å². The fourth-order valence-corrected chi connectivity index (χ4v) is 7.82. The third-order valence-electron chi connectivity index (χ3n) is 12.7. The minimum Gasteiger partial charge on any atom is -0.464 e. The Kier molecular flexibility index (Phi) is 39.2. The molecule has 0 aliphatic carbocycles. The van der Waals surface area contributed by atoms with Gasteiger partial charge in [0.2, 0.25) is 0 Å². The van der Waals surface area contributed by atoms with Crippen molar-refractivity contribution < 1.29 is 38.1 Å². The van der Waals surface area contributed by atoms with Gasteiger partial charge < -0.3 is 18.9 Å². The monoisotopic (exact) mass is 865 g/mol. The molecule has 0 aromatic carbocycles. The molecule has 4 atom stereocenters. The molecule has 8 nitrogen and oxygen atoms in total. The summed E-state index contributed by atoms with van der Waals surface area (Å²) in [5.41, 5.74) is -1.24. The van der Waals surface area contributed by atoms with Crippen LogP contribution in [0.3, 0.4) is 0 Å². The molecule has 61 heavy (non-hydrogen) atoms. The third kappa shape index (κ3) is 33.1. The van der Waals surface area contributed by atoms with Gasteiger partial charge >= 0.3 is 23.9 Å². The van der Waals surface area contributed by atoms with E-state index >= 15 is 0 Å². The van der Waals surface area contributed by atoms with Crippen LogP contribution in [0.15, 0.2) is 0 Å². The highest BCUT2D eigenvalue weighted by molar-refractivity contribution is 5.73. The lowest BCUT2D eigenvalue weighted by Gasteiger charge is -2.33. The highest BCUT2D eigenvalue weighted by Gasteiger charge is 2.39. The number of esters is 4. The molecule has 0 saturated carbocycles. The Hall–Kier alpha value is -2.12. The Morgan fingerprint density at radius 3 is 0.639 bits per heavy atom. The van der Waals surface area contributed by atoms with E-state index < -0.39 is 5.41 Å². The second kappa shape index (κ2) is 40.6. The van der Waals surface area contributed by atoms with Crippen molar-refractivity contribution in [1.29, 1.82) is 0 Å². The average Bonchev–Trinajstić information content (AvgIpc) is 3.26. The second-order valence-corrected chi connectivity index (χ2v) is 19.2. The molecular formula is C53H100O8. The Labute approximate surface area is 377 Å². The van der Waals surface area contributed by atoms with Crippen molar-refractivity contribution in [2.45, 2.75) is 261 Å². The summed E-state index contributed by atoms with van der Waals surface area (Å²) in [5, 5.41) is 0.